The molecule has 0 spiro atoms. The number of carboxylic acid groups (broad SMARTS) is 1. The third kappa shape index (κ3) is 3.06. The molecule has 0 aliphatic rings. The van der Waals surface area contributed by atoms with Crippen molar-refractivity contribution in [3.63, 3.8) is 0 Å². The van der Waals surface area contributed by atoms with E-state index >= 15 is 0 Å². The summed E-state index contributed by atoms with van der Waals surface area (Å²) in [7, 11) is 0. The van der Waals surface area contributed by atoms with Gasteiger partial charge in [0.15, 0.2) is 0 Å². The Labute approximate surface area is 95.5 Å². The first-order valence-corrected chi connectivity index (χ1v) is 5.34. The summed E-state index contributed by atoms with van der Waals surface area (Å²) in [5, 5.41) is 16.5. The smallest absolute Gasteiger partial charge is 0.325 e. The fraction of sp³-hybridized carbons (Fsp3) is 0.636. The fourth-order valence-electron chi connectivity index (χ4n) is 1.69. The van der Waals surface area contributed by atoms with Crippen molar-refractivity contribution in [2.24, 2.45) is 0 Å². The molecule has 1 heterocycles. The van der Waals surface area contributed by atoms with Crippen molar-refractivity contribution >= 4 is 5.97 Å². The molecule has 0 bridgehead atoms. The zero-order valence-corrected chi connectivity index (χ0v) is 10.2. The van der Waals surface area contributed by atoms with Crippen molar-refractivity contribution in [3.8, 4) is 0 Å². The van der Waals surface area contributed by atoms with Crippen LogP contribution >= 0.6 is 0 Å². The van der Waals surface area contributed by atoms with E-state index in [1.165, 1.54) is 0 Å². The number of aryl methyl sites for hydroxylation is 1. The Morgan fingerprint density at radius 3 is 2.69 bits per heavy atom. The van der Waals surface area contributed by atoms with Gasteiger partial charge >= 0.3 is 5.97 Å². The standard InChI is InChI=1S/C11H19N3O2/c1-8(2)12-11(4,10(15)16)7-14-6-5-9(3)13-14/h5-6,8,12H,7H2,1-4H3,(H,15,16). The molecule has 1 unspecified atom stereocenters. The van der Waals surface area contributed by atoms with Crippen molar-refractivity contribution in [1.29, 1.82) is 0 Å². The van der Waals surface area contributed by atoms with Crippen LogP contribution in [0.25, 0.3) is 0 Å². The third-order valence-corrected chi connectivity index (χ3v) is 2.33. The Hall–Kier alpha value is -1.36. The molecular weight excluding hydrogens is 206 g/mol. The molecular formula is C11H19N3O2. The van der Waals surface area contributed by atoms with Crippen LogP contribution in [0.15, 0.2) is 12.3 Å². The van der Waals surface area contributed by atoms with Crippen molar-refractivity contribution < 1.29 is 9.90 Å². The summed E-state index contributed by atoms with van der Waals surface area (Å²) >= 11 is 0. The van der Waals surface area contributed by atoms with Crippen molar-refractivity contribution in [3.05, 3.63) is 18.0 Å². The van der Waals surface area contributed by atoms with E-state index in [0.29, 0.717) is 6.54 Å². The van der Waals surface area contributed by atoms with Gasteiger partial charge in [-0.05, 0) is 33.8 Å². The van der Waals surface area contributed by atoms with Crippen molar-refractivity contribution in [2.75, 3.05) is 0 Å². The largest absolute Gasteiger partial charge is 0.480 e. The highest BCUT2D eigenvalue weighted by atomic mass is 16.4. The van der Waals surface area contributed by atoms with Gasteiger partial charge in [-0.3, -0.25) is 14.8 Å². The van der Waals surface area contributed by atoms with E-state index in [0.717, 1.165) is 5.69 Å². The number of hydrogen-bond donors (Lipinski definition) is 2. The number of rotatable bonds is 5. The number of nitrogens with one attached hydrogen (secondary N) is 1. The van der Waals surface area contributed by atoms with Gasteiger partial charge in [-0.15, -0.1) is 0 Å². The second kappa shape index (κ2) is 4.65. The highest BCUT2D eigenvalue weighted by Gasteiger charge is 2.34. The van der Waals surface area contributed by atoms with Gasteiger partial charge in [0.1, 0.15) is 5.54 Å². The summed E-state index contributed by atoms with van der Waals surface area (Å²) in [6.45, 7) is 7.72. The maximum absolute atomic E-state index is 11.3. The minimum Gasteiger partial charge on any atom is -0.480 e. The number of aromatic nitrogens is 2. The number of nitrogens with zero attached hydrogens (tertiary/aromatic N) is 2. The minimum absolute atomic E-state index is 0.109. The average Bonchev–Trinajstić information content (AvgIpc) is 2.49. The number of carboxylic acids is 1. The van der Waals surface area contributed by atoms with Gasteiger partial charge in [0.2, 0.25) is 0 Å². The molecule has 1 aromatic heterocycles. The molecule has 5 heteroatoms. The van der Waals surface area contributed by atoms with Crippen LogP contribution in [-0.4, -0.2) is 32.4 Å². The first-order chi connectivity index (χ1) is 7.33. The highest BCUT2D eigenvalue weighted by Crippen LogP contribution is 2.09. The van der Waals surface area contributed by atoms with Crippen LogP contribution in [-0.2, 0) is 11.3 Å². The van der Waals surface area contributed by atoms with Crippen molar-refractivity contribution in [2.45, 2.75) is 45.8 Å². The maximum Gasteiger partial charge on any atom is 0.325 e. The summed E-state index contributed by atoms with van der Waals surface area (Å²) in [6.07, 6.45) is 1.79. The number of hydrogen-bond acceptors (Lipinski definition) is 3. The quantitative estimate of drug-likeness (QED) is 0.785. The summed E-state index contributed by atoms with van der Waals surface area (Å²) in [6, 6.07) is 1.97. The van der Waals surface area contributed by atoms with Gasteiger partial charge in [-0.1, -0.05) is 0 Å². The van der Waals surface area contributed by atoms with Crippen LogP contribution in [0.2, 0.25) is 0 Å². The Balaban J connectivity index is 2.82. The van der Waals surface area contributed by atoms with E-state index in [2.05, 4.69) is 10.4 Å². The van der Waals surface area contributed by atoms with Crippen molar-refractivity contribution in [1.82, 2.24) is 15.1 Å². The van der Waals surface area contributed by atoms with E-state index < -0.39 is 11.5 Å². The second-order valence-corrected chi connectivity index (χ2v) is 4.59. The molecule has 0 amide bonds. The summed E-state index contributed by atoms with van der Waals surface area (Å²) in [5.74, 6) is -0.866. The molecule has 0 aromatic carbocycles. The predicted molar refractivity (Wildman–Crippen MR) is 61.3 cm³/mol. The third-order valence-electron chi connectivity index (χ3n) is 2.33. The van der Waals surface area contributed by atoms with E-state index in [9.17, 15) is 9.90 Å². The van der Waals surface area contributed by atoms with E-state index in [-0.39, 0.29) is 6.04 Å². The molecule has 5 nitrogen and oxygen atoms in total. The number of aliphatic carboxylic acids is 1. The predicted octanol–water partition coefficient (Wildman–Crippen LogP) is 1.03. The monoisotopic (exact) mass is 225 g/mol. The molecule has 0 aliphatic heterocycles. The highest BCUT2D eigenvalue weighted by molar-refractivity contribution is 5.78. The molecule has 1 atom stereocenters. The normalized spacial score (nSPS) is 15.1. The lowest BCUT2D eigenvalue weighted by atomic mass is 10.0. The van der Waals surface area contributed by atoms with Gasteiger partial charge in [0.05, 0.1) is 12.2 Å². The minimum atomic E-state index is -0.993. The SMILES string of the molecule is Cc1ccn(CC(C)(NC(C)C)C(=O)O)n1. The van der Waals surface area contributed by atoms with Gasteiger partial charge in [-0.2, -0.15) is 5.10 Å². The van der Waals surface area contributed by atoms with Gasteiger partial charge in [-0.25, -0.2) is 0 Å². The first kappa shape index (κ1) is 12.7. The molecule has 16 heavy (non-hydrogen) atoms. The van der Waals surface area contributed by atoms with Crippen LogP contribution < -0.4 is 5.32 Å². The lowest BCUT2D eigenvalue weighted by molar-refractivity contribution is -0.145. The lowest BCUT2D eigenvalue weighted by Crippen LogP contribution is -2.55. The molecule has 90 valence electrons. The van der Waals surface area contributed by atoms with Gasteiger partial charge in [0.25, 0.3) is 0 Å². The zero-order valence-electron chi connectivity index (χ0n) is 10.2. The van der Waals surface area contributed by atoms with Crippen LogP contribution in [0.1, 0.15) is 26.5 Å². The zero-order chi connectivity index (χ0) is 12.3. The van der Waals surface area contributed by atoms with E-state index in [1.54, 1.807) is 17.8 Å². The summed E-state index contributed by atoms with van der Waals surface area (Å²) in [5.41, 5.74) is -0.107. The molecule has 1 aromatic rings. The molecule has 1 rings (SSSR count). The summed E-state index contributed by atoms with van der Waals surface area (Å²) in [4.78, 5) is 11.3. The summed E-state index contributed by atoms with van der Waals surface area (Å²) < 4.78 is 1.65. The van der Waals surface area contributed by atoms with Gasteiger partial charge in [0, 0.05) is 12.2 Å². The Morgan fingerprint density at radius 1 is 1.69 bits per heavy atom. The molecule has 0 saturated carbocycles. The van der Waals surface area contributed by atoms with Crippen LogP contribution in [0.5, 0.6) is 0 Å². The number of carbonyl (C=O) groups is 1. The topological polar surface area (TPSA) is 67.2 Å². The van der Waals surface area contributed by atoms with Crippen LogP contribution in [0.3, 0.4) is 0 Å². The molecule has 0 fully saturated rings. The van der Waals surface area contributed by atoms with Gasteiger partial charge < -0.3 is 5.11 Å². The average molecular weight is 225 g/mol. The molecule has 0 radical (unpaired) electrons. The maximum atomic E-state index is 11.3. The molecule has 0 aliphatic carbocycles. The Kier molecular flexibility index (Phi) is 3.70. The lowest BCUT2D eigenvalue weighted by Gasteiger charge is -2.28. The Bertz CT molecular complexity index is 373. The van der Waals surface area contributed by atoms with Crippen LogP contribution in [0, 0.1) is 6.92 Å². The van der Waals surface area contributed by atoms with Crippen LogP contribution in [0.4, 0.5) is 0 Å². The molecule has 2 N–H and O–H groups in total. The Morgan fingerprint density at radius 2 is 2.31 bits per heavy atom. The second-order valence-electron chi connectivity index (χ2n) is 4.59. The fourth-order valence-corrected chi connectivity index (χ4v) is 1.69. The van der Waals surface area contributed by atoms with E-state index in [1.807, 2.05) is 26.8 Å². The molecule has 0 saturated heterocycles. The van der Waals surface area contributed by atoms with E-state index in [4.69, 9.17) is 0 Å². The first-order valence-electron chi connectivity index (χ1n) is 5.34.